The zero-order valence-electron chi connectivity index (χ0n) is 12.9. The number of nitrogens with two attached hydrogens (primary N) is 1. The van der Waals surface area contributed by atoms with Crippen LogP contribution in [-0.2, 0) is 4.79 Å². The van der Waals surface area contributed by atoms with Crippen molar-refractivity contribution in [2.24, 2.45) is 0 Å². The van der Waals surface area contributed by atoms with Crippen LogP contribution in [0.15, 0.2) is 18.2 Å². The molecule has 0 unspecified atom stereocenters. The normalized spacial score (nSPS) is 10.9. The number of rotatable bonds is 5. The molecule has 0 spiro atoms. The van der Waals surface area contributed by atoms with E-state index in [1.807, 2.05) is 20.8 Å². The van der Waals surface area contributed by atoms with Crippen molar-refractivity contribution in [1.82, 2.24) is 10.6 Å². The summed E-state index contributed by atoms with van der Waals surface area (Å²) in [4.78, 5) is 23.8. The monoisotopic (exact) mass is 293 g/mol. The topological polar surface area (TPSA) is 93.4 Å². The molecule has 0 atom stereocenters. The minimum Gasteiger partial charge on any atom is -0.496 e. The van der Waals surface area contributed by atoms with Crippen LogP contribution in [0, 0.1) is 0 Å². The van der Waals surface area contributed by atoms with Crippen molar-refractivity contribution in [3.8, 4) is 5.75 Å². The molecule has 0 aromatic heterocycles. The zero-order valence-corrected chi connectivity index (χ0v) is 12.9. The van der Waals surface area contributed by atoms with Gasteiger partial charge in [0.1, 0.15) is 11.3 Å². The third-order valence-electron chi connectivity index (χ3n) is 2.66. The van der Waals surface area contributed by atoms with Gasteiger partial charge in [0.2, 0.25) is 5.91 Å². The fourth-order valence-electron chi connectivity index (χ4n) is 1.82. The van der Waals surface area contributed by atoms with Gasteiger partial charge in [0, 0.05) is 24.2 Å². The lowest BCUT2D eigenvalue weighted by Crippen LogP contribution is -2.42. The molecule has 0 heterocycles. The number of methoxy groups -OCH3 is 1. The summed E-state index contributed by atoms with van der Waals surface area (Å²) in [7, 11) is 1.47. The van der Waals surface area contributed by atoms with Crippen molar-refractivity contribution >= 4 is 17.5 Å². The molecule has 0 radical (unpaired) electrons. The van der Waals surface area contributed by atoms with Crippen LogP contribution in [0.3, 0.4) is 0 Å². The van der Waals surface area contributed by atoms with Gasteiger partial charge in [0.15, 0.2) is 0 Å². The Labute approximate surface area is 125 Å². The highest BCUT2D eigenvalue weighted by molar-refractivity contribution is 6.02. The van der Waals surface area contributed by atoms with Crippen molar-refractivity contribution in [2.45, 2.75) is 32.7 Å². The first-order valence-electron chi connectivity index (χ1n) is 6.76. The molecule has 4 N–H and O–H groups in total. The van der Waals surface area contributed by atoms with E-state index in [-0.39, 0.29) is 35.9 Å². The Hall–Kier alpha value is -2.24. The van der Waals surface area contributed by atoms with Gasteiger partial charge in [-0.3, -0.25) is 9.59 Å². The molecule has 6 heteroatoms. The molecular weight excluding hydrogens is 270 g/mol. The molecule has 0 saturated heterocycles. The maximum atomic E-state index is 12.1. The van der Waals surface area contributed by atoms with Crippen molar-refractivity contribution in [1.29, 1.82) is 0 Å². The van der Waals surface area contributed by atoms with E-state index in [0.29, 0.717) is 11.4 Å². The van der Waals surface area contributed by atoms with Gasteiger partial charge in [0.05, 0.1) is 7.11 Å². The summed E-state index contributed by atoms with van der Waals surface area (Å²) in [5.74, 6) is -0.0593. The Kier molecular flexibility index (Phi) is 5.58. The maximum absolute atomic E-state index is 12.1. The number of nitrogens with one attached hydrogen (secondary N) is 2. The Morgan fingerprint density at radius 1 is 1.29 bits per heavy atom. The highest BCUT2D eigenvalue weighted by Crippen LogP contribution is 2.23. The molecule has 1 aromatic rings. The maximum Gasteiger partial charge on any atom is 0.257 e. The quantitative estimate of drug-likeness (QED) is 0.714. The predicted molar refractivity (Wildman–Crippen MR) is 82.3 cm³/mol. The SMILES string of the molecule is COc1cccc(N)c1C(=O)NCCC(=O)NC(C)(C)C. The van der Waals surface area contributed by atoms with Crippen LogP contribution in [0.2, 0.25) is 0 Å². The van der Waals surface area contributed by atoms with E-state index in [0.717, 1.165) is 0 Å². The van der Waals surface area contributed by atoms with Crippen LogP contribution < -0.4 is 21.1 Å². The number of amides is 2. The molecule has 0 bridgehead atoms. The van der Waals surface area contributed by atoms with Gasteiger partial charge in [-0.2, -0.15) is 0 Å². The highest BCUT2D eigenvalue weighted by Gasteiger charge is 2.17. The van der Waals surface area contributed by atoms with Crippen LogP contribution in [0.5, 0.6) is 5.75 Å². The van der Waals surface area contributed by atoms with E-state index >= 15 is 0 Å². The van der Waals surface area contributed by atoms with E-state index in [4.69, 9.17) is 10.5 Å². The minimum absolute atomic E-state index is 0.115. The molecule has 2 amide bonds. The molecule has 0 aliphatic rings. The van der Waals surface area contributed by atoms with Crippen LogP contribution in [0.4, 0.5) is 5.69 Å². The minimum atomic E-state index is -0.353. The first-order chi connectivity index (χ1) is 9.74. The van der Waals surface area contributed by atoms with Crippen LogP contribution >= 0.6 is 0 Å². The van der Waals surface area contributed by atoms with E-state index in [1.165, 1.54) is 7.11 Å². The highest BCUT2D eigenvalue weighted by atomic mass is 16.5. The molecule has 0 aliphatic carbocycles. The Morgan fingerprint density at radius 3 is 2.52 bits per heavy atom. The molecule has 0 saturated carbocycles. The van der Waals surface area contributed by atoms with Gasteiger partial charge >= 0.3 is 0 Å². The van der Waals surface area contributed by atoms with Crippen molar-refractivity contribution in [3.05, 3.63) is 23.8 Å². The van der Waals surface area contributed by atoms with Crippen molar-refractivity contribution in [3.63, 3.8) is 0 Å². The molecule has 116 valence electrons. The van der Waals surface area contributed by atoms with Gasteiger partial charge in [-0.15, -0.1) is 0 Å². The molecule has 6 nitrogen and oxygen atoms in total. The number of ether oxygens (including phenoxy) is 1. The first-order valence-corrected chi connectivity index (χ1v) is 6.76. The fraction of sp³-hybridized carbons (Fsp3) is 0.467. The smallest absolute Gasteiger partial charge is 0.257 e. The van der Waals surface area contributed by atoms with Crippen LogP contribution in [0.25, 0.3) is 0 Å². The average molecular weight is 293 g/mol. The lowest BCUT2D eigenvalue weighted by molar-refractivity contribution is -0.122. The number of benzene rings is 1. The number of hydrogen-bond donors (Lipinski definition) is 3. The Bertz CT molecular complexity index is 521. The van der Waals surface area contributed by atoms with Gasteiger partial charge < -0.3 is 21.1 Å². The first kappa shape index (κ1) is 16.8. The summed E-state index contributed by atoms with van der Waals surface area (Å²) in [6, 6.07) is 5.00. The van der Waals surface area contributed by atoms with E-state index in [1.54, 1.807) is 18.2 Å². The number of nitrogen functional groups attached to an aromatic ring is 1. The van der Waals surface area contributed by atoms with Gasteiger partial charge in [-0.05, 0) is 32.9 Å². The number of carbonyl (C=O) groups excluding carboxylic acids is 2. The summed E-state index contributed by atoms with van der Waals surface area (Å²) in [5.41, 5.74) is 6.14. The fourth-order valence-corrected chi connectivity index (χ4v) is 1.82. The molecule has 0 fully saturated rings. The van der Waals surface area contributed by atoms with E-state index in [2.05, 4.69) is 10.6 Å². The Balaban J connectivity index is 2.58. The largest absolute Gasteiger partial charge is 0.496 e. The number of carbonyl (C=O) groups is 2. The number of hydrogen-bond acceptors (Lipinski definition) is 4. The molecule has 1 rings (SSSR count). The standard InChI is InChI=1S/C15H23N3O3/c1-15(2,3)18-12(19)8-9-17-14(20)13-10(16)6-5-7-11(13)21-4/h5-7H,8-9,16H2,1-4H3,(H,17,20)(H,18,19). The third-order valence-corrected chi connectivity index (χ3v) is 2.66. The molecular formula is C15H23N3O3. The van der Waals surface area contributed by atoms with Crippen molar-refractivity contribution in [2.75, 3.05) is 19.4 Å². The Morgan fingerprint density at radius 2 is 1.95 bits per heavy atom. The van der Waals surface area contributed by atoms with E-state index < -0.39 is 0 Å². The lowest BCUT2D eigenvalue weighted by atomic mass is 10.1. The zero-order chi connectivity index (χ0) is 16.0. The third kappa shape index (κ3) is 5.33. The summed E-state index contributed by atoms with van der Waals surface area (Å²) in [6.07, 6.45) is 0.206. The summed E-state index contributed by atoms with van der Waals surface area (Å²) >= 11 is 0. The molecule has 21 heavy (non-hydrogen) atoms. The lowest BCUT2D eigenvalue weighted by Gasteiger charge is -2.20. The van der Waals surface area contributed by atoms with Gasteiger partial charge in [-0.25, -0.2) is 0 Å². The number of anilines is 1. The summed E-state index contributed by atoms with van der Waals surface area (Å²) < 4.78 is 5.12. The molecule has 1 aromatic carbocycles. The van der Waals surface area contributed by atoms with Crippen LogP contribution in [-0.4, -0.2) is 31.0 Å². The summed E-state index contributed by atoms with van der Waals surface area (Å²) in [6.45, 7) is 5.94. The average Bonchev–Trinajstić information content (AvgIpc) is 2.35. The summed E-state index contributed by atoms with van der Waals surface area (Å²) in [5, 5.41) is 5.50. The predicted octanol–water partition coefficient (Wildman–Crippen LogP) is 1.31. The van der Waals surface area contributed by atoms with Crippen LogP contribution in [0.1, 0.15) is 37.6 Å². The molecule has 0 aliphatic heterocycles. The second-order valence-electron chi connectivity index (χ2n) is 5.73. The van der Waals surface area contributed by atoms with Gasteiger partial charge in [-0.1, -0.05) is 6.07 Å². The van der Waals surface area contributed by atoms with E-state index in [9.17, 15) is 9.59 Å². The van der Waals surface area contributed by atoms with Gasteiger partial charge in [0.25, 0.3) is 5.91 Å². The second-order valence-corrected chi connectivity index (χ2v) is 5.73. The second kappa shape index (κ2) is 6.97. The van der Waals surface area contributed by atoms with Crippen molar-refractivity contribution < 1.29 is 14.3 Å².